The second-order valence-electron chi connectivity index (χ2n) is 3.64. The number of hydrogen-bond acceptors (Lipinski definition) is 3. The lowest BCUT2D eigenvalue weighted by Crippen LogP contribution is -2.16. The molecule has 0 aliphatic carbocycles. The van der Waals surface area contributed by atoms with Crippen LogP contribution in [0.1, 0.15) is 23.4 Å². The molecule has 4 heteroatoms. The van der Waals surface area contributed by atoms with E-state index in [4.69, 9.17) is 0 Å². The lowest BCUT2D eigenvalue weighted by Gasteiger charge is -2.10. The molecule has 0 amide bonds. The van der Waals surface area contributed by atoms with Crippen LogP contribution in [0.4, 0.5) is 0 Å². The van der Waals surface area contributed by atoms with E-state index in [1.165, 1.54) is 10.4 Å². The number of nitrogens with one attached hydrogen (secondary N) is 1. The lowest BCUT2D eigenvalue weighted by molar-refractivity contribution is 0.582. The van der Waals surface area contributed by atoms with E-state index in [1.807, 2.05) is 24.1 Å². The van der Waals surface area contributed by atoms with E-state index in [0.29, 0.717) is 6.04 Å². The van der Waals surface area contributed by atoms with Crippen molar-refractivity contribution in [2.75, 3.05) is 0 Å². The topological polar surface area (TPSA) is 29.9 Å². The highest BCUT2D eigenvalue weighted by Crippen LogP contribution is 2.18. The fourth-order valence-corrected chi connectivity index (χ4v) is 2.23. The molecule has 0 aliphatic heterocycles. The van der Waals surface area contributed by atoms with Crippen LogP contribution in [-0.2, 0) is 13.6 Å². The minimum absolute atomic E-state index is 0.408. The Morgan fingerprint density at radius 2 is 2.47 bits per heavy atom. The van der Waals surface area contributed by atoms with Crippen LogP contribution in [0, 0.1) is 0 Å². The predicted molar refractivity (Wildman–Crippen MR) is 62.8 cm³/mol. The number of nitrogens with zero attached hydrogens (tertiary/aromatic N) is 2. The SMILES string of the molecule is CC(NCc1cnn(C)c1)c1cccs1. The van der Waals surface area contributed by atoms with Gasteiger partial charge in [-0.3, -0.25) is 4.68 Å². The fourth-order valence-electron chi connectivity index (χ4n) is 1.47. The maximum Gasteiger partial charge on any atom is 0.0534 e. The van der Waals surface area contributed by atoms with Crippen molar-refractivity contribution in [2.45, 2.75) is 19.5 Å². The zero-order chi connectivity index (χ0) is 10.7. The van der Waals surface area contributed by atoms with Crippen molar-refractivity contribution in [3.05, 3.63) is 40.3 Å². The second-order valence-corrected chi connectivity index (χ2v) is 4.62. The number of rotatable bonds is 4. The first kappa shape index (κ1) is 10.4. The van der Waals surface area contributed by atoms with Crippen molar-refractivity contribution in [3.63, 3.8) is 0 Å². The smallest absolute Gasteiger partial charge is 0.0534 e. The van der Waals surface area contributed by atoms with Crippen LogP contribution in [0.15, 0.2) is 29.9 Å². The Balaban J connectivity index is 1.88. The average molecular weight is 221 g/mol. The van der Waals surface area contributed by atoms with Crippen molar-refractivity contribution in [1.29, 1.82) is 0 Å². The number of thiophene rings is 1. The zero-order valence-corrected chi connectivity index (χ0v) is 9.79. The molecule has 0 saturated heterocycles. The Kier molecular flexibility index (Phi) is 3.18. The van der Waals surface area contributed by atoms with Gasteiger partial charge in [-0.05, 0) is 18.4 Å². The summed E-state index contributed by atoms with van der Waals surface area (Å²) in [5.41, 5.74) is 1.22. The second kappa shape index (κ2) is 4.59. The molecule has 80 valence electrons. The van der Waals surface area contributed by atoms with Crippen molar-refractivity contribution in [2.24, 2.45) is 7.05 Å². The van der Waals surface area contributed by atoms with Crippen molar-refractivity contribution in [1.82, 2.24) is 15.1 Å². The van der Waals surface area contributed by atoms with Crippen LogP contribution < -0.4 is 5.32 Å². The van der Waals surface area contributed by atoms with Crippen LogP contribution in [0.3, 0.4) is 0 Å². The molecule has 0 spiro atoms. The molecule has 0 bridgehead atoms. The van der Waals surface area contributed by atoms with Crippen LogP contribution in [0.2, 0.25) is 0 Å². The number of hydrogen-bond donors (Lipinski definition) is 1. The third-order valence-corrected chi connectivity index (χ3v) is 3.40. The van der Waals surface area contributed by atoms with E-state index in [-0.39, 0.29) is 0 Å². The summed E-state index contributed by atoms with van der Waals surface area (Å²) >= 11 is 1.79. The molecule has 1 N–H and O–H groups in total. The van der Waals surface area contributed by atoms with Crippen LogP contribution in [0.5, 0.6) is 0 Å². The predicted octanol–water partition coefficient (Wildman–Crippen LogP) is 2.33. The Morgan fingerprint density at radius 3 is 3.07 bits per heavy atom. The first-order valence-corrected chi connectivity index (χ1v) is 5.88. The molecule has 0 fully saturated rings. The lowest BCUT2D eigenvalue weighted by atomic mass is 10.2. The van der Waals surface area contributed by atoms with Gasteiger partial charge in [0, 0.05) is 36.3 Å². The monoisotopic (exact) mass is 221 g/mol. The van der Waals surface area contributed by atoms with Gasteiger partial charge in [0.2, 0.25) is 0 Å². The highest BCUT2D eigenvalue weighted by Gasteiger charge is 2.05. The molecule has 1 atom stereocenters. The molecular weight excluding hydrogens is 206 g/mol. The van der Waals surface area contributed by atoms with Gasteiger partial charge in [-0.15, -0.1) is 11.3 Å². The Morgan fingerprint density at radius 1 is 1.60 bits per heavy atom. The molecule has 1 unspecified atom stereocenters. The minimum Gasteiger partial charge on any atom is -0.305 e. The van der Waals surface area contributed by atoms with E-state index in [2.05, 4.69) is 34.9 Å². The summed E-state index contributed by atoms with van der Waals surface area (Å²) < 4.78 is 1.83. The third-order valence-electron chi connectivity index (χ3n) is 2.34. The Hall–Kier alpha value is -1.13. The molecular formula is C11H15N3S. The van der Waals surface area contributed by atoms with Gasteiger partial charge in [-0.2, -0.15) is 5.10 Å². The fraction of sp³-hybridized carbons (Fsp3) is 0.364. The molecule has 2 rings (SSSR count). The number of aromatic nitrogens is 2. The van der Waals surface area contributed by atoms with Gasteiger partial charge in [0.15, 0.2) is 0 Å². The van der Waals surface area contributed by atoms with Gasteiger partial charge in [0.05, 0.1) is 6.20 Å². The van der Waals surface area contributed by atoms with Crippen molar-refractivity contribution < 1.29 is 0 Å². The standard InChI is InChI=1S/C11H15N3S/c1-9(11-4-3-5-15-11)12-6-10-7-13-14(2)8-10/h3-5,7-9,12H,6H2,1-2H3. The summed E-state index contributed by atoms with van der Waals surface area (Å²) in [5.74, 6) is 0. The van der Waals surface area contributed by atoms with Gasteiger partial charge < -0.3 is 5.32 Å². The first-order valence-electron chi connectivity index (χ1n) is 5.00. The summed E-state index contributed by atoms with van der Waals surface area (Å²) in [7, 11) is 1.94. The Bertz CT molecular complexity index is 405. The molecule has 0 aliphatic rings. The molecule has 0 radical (unpaired) electrons. The van der Waals surface area contributed by atoms with Gasteiger partial charge in [-0.25, -0.2) is 0 Å². The summed E-state index contributed by atoms with van der Waals surface area (Å²) in [6, 6.07) is 4.65. The summed E-state index contributed by atoms with van der Waals surface area (Å²) in [6.45, 7) is 3.05. The molecule has 2 aromatic rings. The molecule has 0 saturated carbocycles. The van der Waals surface area contributed by atoms with E-state index >= 15 is 0 Å². The van der Waals surface area contributed by atoms with Crippen LogP contribution in [-0.4, -0.2) is 9.78 Å². The van der Waals surface area contributed by atoms with Gasteiger partial charge in [0.25, 0.3) is 0 Å². The van der Waals surface area contributed by atoms with Gasteiger partial charge in [0.1, 0.15) is 0 Å². The highest BCUT2D eigenvalue weighted by atomic mass is 32.1. The summed E-state index contributed by atoms with van der Waals surface area (Å²) in [4.78, 5) is 1.37. The molecule has 2 heterocycles. The highest BCUT2D eigenvalue weighted by molar-refractivity contribution is 7.10. The summed E-state index contributed by atoms with van der Waals surface area (Å²) in [5, 5.41) is 9.72. The van der Waals surface area contributed by atoms with Gasteiger partial charge >= 0.3 is 0 Å². The first-order chi connectivity index (χ1) is 7.25. The largest absolute Gasteiger partial charge is 0.305 e. The van der Waals surface area contributed by atoms with E-state index in [9.17, 15) is 0 Å². The third kappa shape index (κ3) is 2.67. The molecule has 3 nitrogen and oxygen atoms in total. The van der Waals surface area contributed by atoms with Crippen molar-refractivity contribution >= 4 is 11.3 Å². The average Bonchev–Trinajstić information content (AvgIpc) is 2.84. The van der Waals surface area contributed by atoms with Crippen molar-refractivity contribution in [3.8, 4) is 0 Å². The van der Waals surface area contributed by atoms with Crippen LogP contribution in [0.25, 0.3) is 0 Å². The van der Waals surface area contributed by atoms with Gasteiger partial charge in [-0.1, -0.05) is 6.07 Å². The normalized spacial score (nSPS) is 12.9. The quantitative estimate of drug-likeness (QED) is 0.858. The van der Waals surface area contributed by atoms with E-state index < -0.39 is 0 Å². The summed E-state index contributed by atoms with van der Waals surface area (Å²) in [6.07, 6.45) is 3.93. The zero-order valence-electron chi connectivity index (χ0n) is 8.97. The number of aryl methyl sites for hydroxylation is 1. The van der Waals surface area contributed by atoms with E-state index in [0.717, 1.165) is 6.54 Å². The maximum atomic E-state index is 4.14. The van der Waals surface area contributed by atoms with E-state index in [1.54, 1.807) is 11.3 Å². The minimum atomic E-state index is 0.408. The Labute approximate surface area is 93.7 Å². The molecule has 2 aromatic heterocycles. The molecule has 0 aromatic carbocycles. The maximum absolute atomic E-state index is 4.14. The van der Waals surface area contributed by atoms with Crippen LogP contribution >= 0.6 is 11.3 Å². The molecule has 15 heavy (non-hydrogen) atoms.